The number of hydrogen-bond acceptors (Lipinski definition) is 2. The summed E-state index contributed by atoms with van der Waals surface area (Å²) in [6.45, 7) is 1.55. The number of pyridine rings is 1. The van der Waals surface area contributed by atoms with E-state index in [1.165, 1.54) is 0 Å². The fraction of sp³-hybridized carbons (Fsp3) is 0.400. The zero-order valence-corrected chi connectivity index (χ0v) is 9.26. The molecule has 0 amide bonds. The van der Waals surface area contributed by atoms with Gasteiger partial charge in [0.15, 0.2) is 0 Å². The van der Waals surface area contributed by atoms with E-state index in [9.17, 15) is 13.6 Å². The molecule has 0 spiro atoms. The first kappa shape index (κ1) is 12.8. The summed E-state index contributed by atoms with van der Waals surface area (Å²) in [6.07, 6.45) is -2.18. The third-order valence-electron chi connectivity index (χ3n) is 2.28. The lowest BCUT2D eigenvalue weighted by Crippen LogP contribution is -2.09. The summed E-state index contributed by atoms with van der Waals surface area (Å²) in [5.74, 6) is -1.08. The lowest BCUT2D eigenvalue weighted by molar-refractivity contribution is -0.136. The Labute approximate surface area is 96.1 Å². The number of carboxylic acid groups (broad SMARTS) is 1. The van der Waals surface area contributed by atoms with Crippen LogP contribution in [0.2, 0.25) is 0 Å². The van der Waals surface area contributed by atoms with Crippen molar-refractivity contribution >= 4 is 17.6 Å². The van der Waals surface area contributed by atoms with Gasteiger partial charge >= 0.3 is 5.97 Å². The summed E-state index contributed by atoms with van der Waals surface area (Å²) in [5.41, 5.74) is 0.624. The van der Waals surface area contributed by atoms with Gasteiger partial charge in [0.1, 0.15) is 0 Å². The number of carbonyl (C=O) groups is 1. The number of carboxylic acids is 1. The molecule has 6 heteroatoms. The molecular formula is C10H10ClF2NO2. The maximum atomic E-state index is 12.6. The molecule has 1 heterocycles. The Bertz CT molecular complexity index is 410. The molecule has 0 radical (unpaired) electrons. The van der Waals surface area contributed by atoms with Gasteiger partial charge in [-0.1, -0.05) is 0 Å². The van der Waals surface area contributed by atoms with Crippen LogP contribution < -0.4 is 0 Å². The number of nitrogens with zero attached hydrogens (tertiary/aromatic N) is 1. The molecule has 1 N–H and O–H groups in total. The van der Waals surface area contributed by atoms with Crippen LogP contribution >= 0.6 is 11.6 Å². The molecule has 0 aliphatic rings. The van der Waals surface area contributed by atoms with Gasteiger partial charge in [-0.25, -0.2) is 8.78 Å². The smallest absolute Gasteiger partial charge is 0.307 e. The first-order valence-corrected chi connectivity index (χ1v) is 5.04. The fourth-order valence-electron chi connectivity index (χ4n) is 1.42. The molecule has 0 fully saturated rings. The Hall–Kier alpha value is -1.23. The average molecular weight is 250 g/mol. The van der Waals surface area contributed by atoms with Crippen molar-refractivity contribution in [1.29, 1.82) is 0 Å². The highest BCUT2D eigenvalue weighted by atomic mass is 35.5. The summed E-state index contributed by atoms with van der Waals surface area (Å²) in [5, 5.41) is 8.66. The van der Waals surface area contributed by atoms with Crippen molar-refractivity contribution in [3.8, 4) is 0 Å². The first-order chi connectivity index (χ1) is 7.47. The van der Waals surface area contributed by atoms with Crippen LogP contribution in [0.5, 0.6) is 0 Å². The van der Waals surface area contributed by atoms with Crippen LogP contribution in [-0.2, 0) is 17.1 Å². The van der Waals surface area contributed by atoms with Crippen molar-refractivity contribution in [1.82, 2.24) is 4.98 Å². The van der Waals surface area contributed by atoms with Gasteiger partial charge in [0, 0.05) is 11.8 Å². The van der Waals surface area contributed by atoms with Crippen LogP contribution in [0.4, 0.5) is 8.78 Å². The third kappa shape index (κ3) is 2.66. The third-order valence-corrected chi connectivity index (χ3v) is 2.54. The van der Waals surface area contributed by atoms with Gasteiger partial charge in [-0.15, -0.1) is 11.6 Å². The van der Waals surface area contributed by atoms with Crippen LogP contribution in [0.25, 0.3) is 0 Å². The monoisotopic (exact) mass is 249 g/mol. The number of aliphatic carboxylic acids is 1. The second kappa shape index (κ2) is 5.21. The minimum absolute atomic E-state index is 0.0714. The summed E-state index contributed by atoms with van der Waals surface area (Å²) in [4.78, 5) is 14.4. The molecule has 0 saturated carbocycles. The number of aromatic nitrogens is 1. The zero-order valence-electron chi connectivity index (χ0n) is 8.51. The van der Waals surface area contributed by atoms with Gasteiger partial charge in [0.05, 0.1) is 18.0 Å². The van der Waals surface area contributed by atoms with Crippen LogP contribution in [0.3, 0.4) is 0 Å². The predicted molar refractivity (Wildman–Crippen MR) is 54.8 cm³/mol. The van der Waals surface area contributed by atoms with Gasteiger partial charge in [-0.2, -0.15) is 0 Å². The van der Waals surface area contributed by atoms with E-state index in [0.717, 1.165) is 6.20 Å². The minimum Gasteiger partial charge on any atom is -0.481 e. The van der Waals surface area contributed by atoms with E-state index in [1.807, 2.05) is 0 Å². The molecular weight excluding hydrogens is 240 g/mol. The molecule has 16 heavy (non-hydrogen) atoms. The molecule has 1 aromatic heterocycles. The van der Waals surface area contributed by atoms with Gasteiger partial charge in [-0.05, 0) is 18.1 Å². The van der Waals surface area contributed by atoms with Crippen molar-refractivity contribution in [3.63, 3.8) is 0 Å². The summed E-state index contributed by atoms with van der Waals surface area (Å²) in [6, 6.07) is 0. The Morgan fingerprint density at radius 1 is 1.62 bits per heavy atom. The Morgan fingerprint density at radius 3 is 2.69 bits per heavy atom. The standard InChI is InChI=1S/C10H10ClF2NO2/c1-5-6(2-9(15)16)7(10(12)13)4-14-8(5)3-11/h4,10H,2-3H2,1H3,(H,15,16). The van der Waals surface area contributed by atoms with Crippen LogP contribution in [0, 0.1) is 6.92 Å². The summed E-state index contributed by atoms with van der Waals surface area (Å²) < 4.78 is 25.3. The summed E-state index contributed by atoms with van der Waals surface area (Å²) in [7, 11) is 0. The van der Waals surface area contributed by atoms with Gasteiger partial charge in [0.25, 0.3) is 6.43 Å². The molecule has 88 valence electrons. The minimum atomic E-state index is -2.73. The lowest BCUT2D eigenvalue weighted by Gasteiger charge is -2.12. The molecule has 1 aromatic rings. The largest absolute Gasteiger partial charge is 0.481 e. The molecule has 0 aliphatic carbocycles. The van der Waals surface area contributed by atoms with Crippen LogP contribution in [0.1, 0.15) is 28.8 Å². The molecule has 3 nitrogen and oxygen atoms in total. The number of rotatable bonds is 4. The Kier molecular flexibility index (Phi) is 4.18. The highest BCUT2D eigenvalue weighted by molar-refractivity contribution is 6.17. The molecule has 0 unspecified atom stereocenters. The van der Waals surface area contributed by atoms with E-state index in [4.69, 9.17) is 16.7 Å². The topological polar surface area (TPSA) is 50.2 Å². The number of halogens is 3. The van der Waals surface area contributed by atoms with E-state index in [0.29, 0.717) is 11.3 Å². The van der Waals surface area contributed by atoms with E-state index in [-0.39, 0.29) is 17.0 Å². The molecule has 0 aromatic carbocycles. The second-order valence-electron chi connectivity index (χ2n) is 3.27. The fourth-order valence-corrected chi connectivity index (χ4v) is 1.69. The average Bonchev–Trinajstić information content (AvgIpc) is 2.19. The maximum absolute atomic E-state index is 12.6. The SMILES string of the molecule is Cc1c(CCl)ncc(C(F)F)c1CC(=O)O. The number of alkyl halides is 3. The maximum Gasteiger partial charge on any atom is 0.307 e. The summed E-state index contributed by atoms with van der Waals surface area (Å²) >= 11 is 5.58. The zero-order chi connectivity index (χ0) is 12.3. The van der Waals surface area contributed by atoms with Gasteiger partial charge < -0.3 is 5.11 Å². The van der Waals surface area contributed by atoms with Crippen molar-refractivity contribution in [2.24, 2.45) is 0 Å². The lowest BCUT2D eigenvalue weighted by atomic mass is 10.00. The van der Waals surface area contributed by atoms with Crippen molar-refractivity contribution in [2.75, 3.05) is 0 Å². The second-order valence-corrected chi connectivity index (χ2v) is 3.54. The van der Waals surface area contributed by atoms with Crippen molar-refractivity contribution in [2.45, 2.75) is 25.7 Å². The molecule has 0 bridgehead atoms. The Morgan fingerprint density at radius 2 is 2.25 bits per heavy atom. The van der Waals surface area contributed by atoms with Crippen LogP contribution in [0.15, 0.2) is 6.20 Å². The normalized spacial score (nSPS) is 10.8. The van der Waals surface area contributed by atoms with E-state index < -0.39 is 18.8 Å². The van der Waals surface area contributed by atoms with Gasteiger partial charge in [0.2, 0.25) is 0 Å². The molecule has 0 saturated heterocycles. The molecule has 0 aliphatic heterocycles. The van der Waals surface area contributed by atoms with Gasteiger partial charge in [-0.3, -0.25) is 9.78 Å². The molecule has 0 atom stereocenters. The highest BCUT2D eigenvalue weighted by Crippen LogP contribution is 2.27. The highest BCUT2D eigenvalue weighted by Gasteiger charge is 2.19. The van der Waals surface area contributed by atoms with Crippen LogP contribution in [-0.4, -0.2) is 16.1 Å². The quantitative estimate of drug-likeness (QED) is 0.835. The molecule has 1 rings (SSSR count). The predicted octanol–water partition coefficient (Wildman–Crippen LogP) is 2.69. The first-order valence-electron chi connectivity index (χ1n) is 4.50. The van der Waals surface area contributed by atoms with E-state index in [1.54, 1.807) is 6.92 Å². The van der Waals surface area contributed by atoms with E-state index >= 15 is 0 Å². The van der Waals surface area contributed by atoms with E-state index in [2.05, 4.69) is 4.98 Å². The van der Waals surface area contributed by atoms with Crippen molar-refractivity contribution in [3.05, 3.63) is 28.6 Å². The Balaban J connectivity index is 3.30. The number of hydrogen-bond donors (Lipinski definition) is 1. The van der Waals surface area contributed by atoms with Crippen molar-refractivity contribution < 1.29 is 18.7 Å².